The number of carbonyl (C=O) groups is 2. The molecule has 0 aliphatic carbocycles. The van der Waals surface area contributed by atoms with Crippen LogP contribution in [0.4, 0.5) is 5.82 Å². The Hall–Kier alpha value is -4.34. The first-order chi connectivity index (χ1) is 14.7. The normalized spacial score (nSPS) is 10.5. The molecule has 0 unspecified atom stereocenters. The van der Waals surface area contributed by atoms with E-state index in [0.717, 1.165) is 11.3 Å². The number of esters is 1. The van der Waals surface area contributed by atoms with E-state index >= 15 is 0 Å². The molecule has 2 aromatic heterocycles. The van der Waals surface area contributed by atoms with Gasteiger partial charge < -0.3 is 10.1 Å². The zero-order valence-electron chi connectivity index (χ0n) is 15.8. The third-order valence-electron chi connectivity index (χ3n) is 4.09. The third-order valence-corrected chi connectivity index (χ3v) is 4.09. The molecule has 0 radical (unpaired) electrons. The molecule has 0 spiro atoms. The molecule has 1 amide bonds. The molecule has 0 bridgehead atoms. The van der Waals surface area contributed by atoms with Gasteiger partial charge in [0, 0.05) is 11.6 Å². The van der Waals surface area contributed by atoms with Crippen molar-refractivity contribution in [3.63, 3.8) is 0 Å². The van der Waals surface area contributed by atoms with Crippen molar-refractivity contribution < 1.29 is 14.3 Å². The number of aromatic nitrogens is 6. The number of anilines is 1. The minimum atomic E-state index is -0.626. The molecule has 4 aromatic rings. The second-order valence-corrected chi connectivity index (χ2v) is 6.24. The Labute approximate surface area is 171 Å². The van der Waals surface area contributed by atoms with Gasteiger partial charge in [-0.15, -0.1) is 5.10 Å². The summed E-state index contributed by atoms with van der Waals surface area (Å²) in [5, 5.41) is 17.8. The minimum absolute atomic E-state index is 0.180. The molecule has 10 nitrogen and oxygen atoms in total. The summed E-state index contributed by atoms with van der Waals surface area (Å²) in [6.45, 7) is -0.623. The quantitative estimate of drug-likeness (QED) is 0.467. The van der Waals surface area contributed by atoms with E-state index in [9.17, 15) is 9.59 Å². The van der Waals surface area contributed by atoms with Crippen molar-refractivity contribution in [3.8, 4) is 16.9 Å². The van der Waals surface area contributed by atoms with Gasteiger partial charge in [-0.25, -0.2) is 9.36 Å². The summed E-state index contributed by atoms with van der Waals surface area (Å²) in [4.78, 5) is 24.2. The molecule has 0 saturated carbocycles. The number of tetrazole rings is 1. The van der Waals surface area contributed by atoms with Crippen LogP contribution in [0.2, 0.25) is 0 Å². The van der Waals surface area contributed by atoms with E-state index in [-0.39, 0.29) is 6.54 Å². The van der Waals surface area contributed by atoms with E-state index in [2.05, 4.69) is 25.9 Å². The fourth-order valence-electron chi connectivity index (χ4n) is 2.74. The van der Waals surface area contributed by atoms with Gasteiger partial charge in [0.05, 0.1) is 11.4 Å². The highest BCUT2D eigenvalue weighted by Gasteiger charge is 2.15. The standard InChI is InChI=1S/C20H17N7O3/c28-19(13-30-20(29)12-26-14-21-24-25-26)22-18-11-17(15-7-3-1-4-8-15)23-27(18)16-9-5-2-6-10-16/h1-11,14H,12-13H2,(H,22,28). The van der Waals surface area contributed by atoms with Gasteiger partial charge in [0.15, 0.2) is 6.61 Å². The molecule has 4 rings (SSSR count). The molecule has 0 aliphatic rings. The summed E-state index contributed by atoms with van der Waals surface area (Å²) in [5.41, 5.74) is 2.40. The first-order valence-corrected chi connectivity index (χ1v) is 9.06. The molecule has 0 saturated heterocycles. The predicted octanol–water partition coefficient (Wildman–Crippen LogP) is 1.71. The number of amides is 1. The molecular weight excluding hydrogens is 386 g/mol. The van der Waals surface area contributed by atoms with Crippen LogP contribution in [0.25, 0.3) is 16.9 Å². The van der Waals surface area contributed by atoms with Crippen LogP contribution in [0.3, 0.4) is 0 Å². The Bertz CT molecular complexity index is 1130. The van der Waals surface area contributed by atoms with Gasteiger partial charge >= 0.3 is 5.97 Å². The van der Waals surface area contributed by atoms with Gasteiger partial charge in [-0.1, -0.05) is 48.5 Å². The predicted molar refractivity (Wildman–Crippen MR) is 106 cm³/mol. The molecule has 30 heavy (non-hydrogen) atoms. The van der Waals surface area contributed by atoms with Crippen LogP contribution in [0.15, 0.2) is 73.1 Å². The Balaban J connectivity index is 1.48. The van der Waals surface area contributed by atoms with E-state index in [1.54, 1.807) is 10.7 Å². The molecule has 0 aliphatic heterocycles. The maximum absolute atomic E-state index is 12.4. The summed E-state index contributed by atoms with van der Waals surface area (Å²) < 4.78 is 7.82. The van der Waals surface area contributed by atoms with Crippen LogP contribution in [-0.2, 0) is 20.9 Å². The number of rotatable bonds is 7. The highest BCUT2D eigenvalue weighted by molar-refractivity contribution is 5.92. The Morgan fingerprint density at radius 2 is 1.73 bits per heavy atom. The van der Waals surface area contributed by atoms with Crippen LogP contribution < -0.4 is 5.32 Å². The summed E-state index contributed by atoms with van der Waals surface area (Å²) in [6, 6.07) is 20.8. The average molecular weight is 403 g/mol. The van der Waals surface area contributed by atoms with Gasteiger partial charge in [0.25, 0.3) is 5.91 Å². The first-order valence-electron chi connectivity index (χ1n) is 9.06. The van der Waals surface area contributed by atoms with Crippen LogP contribution in [-0.4, -0.2) is 48.5 Å². The number of hydrogen-bond donors (Lipinski definition) is 1. The number of carbonyl (C=O) groups excluding carboxylic acids is 2. The zero-order chi connectivity index (χ0) is 20.8. The lowest BCUT2D eigenvalue weighted by molar-refractivity contribution is -0.148. The molecule has 1 N–H and O–H groups in total. The van der Waals surface area contributed by atoms with Crippen molar-refractivity contribution >= 4 is 17.7 Å². The van der Waals surface area contributed by atoms with Crippen LogP contribution in [0.5, 0.6) is 0 Å². The summed E-state index contributed by atoms with van der Waals surface area (Å²) >= 11 is 0. The van der Waals surface area contributed by atoms with Crippen LogP contribution in [0.1, 0.15) is 0 Å². The van der Waals surface area contributed by atoms with Crippen molar-refractivity contribution in [2.24, 2.45) is 0 Å². The third kappa shape index (κ3) is 4.55. The Morgan fingerprint density at radius 3 is 2.43 bits per heavy atom. The summed E-state index contributed by atoms with van der Waals surface area (Å²) in [7, 11) is 0. The lowest BCUT2D eigenvalue weighted by Gasteiger charge is -2.09. The molecule has 2 aromatic carbocycles. The molecule has 0 fully saturated rings. The second kappa shape index (κ2) is 8.78. The highest BCUT2D eigenvalue weighted by atomic mass is 16.5. The van der Waals surface area contributed by atoms with E-state index in [0.29, 0.717) is 11.5 Å². The van der Waals surface area contributed by atoms with E-state index in [1.807, 2.05) is 60.7 Å². The fraction of sp³-hybridized carbons (Fsp3) is 0.100. The highest BCUT2D eigenvalue weighted by Crippen LogP contribution is 2.24. The lowest BCUT2D eigenvalue weighted by Crippen LogP contribution is -2.24. The van der Waals surface area contributed by atoms with Gasteiger partial charge in [-0.05, 0) is 22.6 Å². The second-order valence-electron chi connectivity index (χ2n) is 6.24. The van der Waals surface area contributed by atoms with E-state index < -0.39 is 18.5 Å². The Kier molecular flexibility index (Phi) is 5.56. The Morgan fingerprint density at radius 1 is 1.00 bits per heavy atom. The molecule has 0 atom stereocenters. The largest absolute Gasteiger partial charge is 0.454 e. The maximum atomic E-state index is 12.4. The molecule has 10 heteroatoms. The van der Waals surface area contributed by atoms with Gasteiger partial charge in [-0.3, -0.25) is 9.59 Å². The number of nitrogens with zero attached hydrogens (tertiary/aromatic N) is 6. The van der Waals surface area contributed by atoms with Crippen molar-refractivity contribution in [3.05, 3.63) is 73.1 Å². The van der Waals surface area contributed by atoms with Crippen LogP contribution >= 0.6 is 0 Å². The number of ether oxygens (including phenoxy) is 1. The van der Waals surface area contributed by atoms with Gasteiger partial charge in [0.2, 0.25) is 0 Å². The molecule has 150 valence electrons. The maximum Gasteiger partial charge on any atom is 0.328 e. The van der Waals surface area contributed by atoms with Gasteiger partial charge in [-0.2, -0.15) is 5.10 Å². The van der Waals surface area contributed by atoms with Crippen molar-refractivity contribution in [2.75, 3.05) is 11.9 Å². The number of hydrogen-bond acceptors (Lipinski definition) is 7. The summed E-state index contributed by atoms with van der Waals surface area (Å²) in [6.07, 6.45) is 1.28. The van der Waals surface area contributed by atoms with Crippen molar-refractivity contribution in [2.45, 2.75) is 6.54 Å². The number of nitrogens with one attached hydrogen (secondary N) is 1. The average Bonchev–Trinajstić information content (AvgIpc) is 3.44. The lowest BCUT2D eigenvalue weighted by atomic mass is 10.2. The summed E-state index contributed by atoms with van der Waals surface area (Å²) in [5.74, 6) is -0.655. The number of benzene rings is 2. The minimum Gasteiger partial charge on any atom is -0.454 e. The van der Waals surface area contributed by atoms with E-state index in [1.165, 1.54) is 11.0 Å². The zero-order valence-corrected chi connectivity index (χ0v) is 15.8. The van der Waals surface area contributed by atoms with Gasteiger partial charge in [0.1, 0.15) is 18.7 Å². The van der Waals surface area contributed by atoms with E-state index in [4.69, 9.17) is 4.74 Å². The topological polar surface area (TPSA) is 117 Å². The SMILES string of the molecule is O=C(COC(=O)Cn1cnnn1)Nc1cc(-c2ccccc2)nn1-c1ccccc1. The smallest absolute Gasteiger partial charge is 0.328 e. The molecule has 2 heterocycles. The van der Waals surface area contributed by atoms with Crippen molar-refractivity contribution in [1.82, 2.24) is 30.0 Å². The molecular formula is C20H17N7O3. The van der Waals surface area contributed by atoms with Crippen molar-refractivity contribution in [1.29, 1.82) is 0 Å². The fourth-order valence-corrected chi connectivity index (χ4v) is 2.74. The number of para-hydroxylation sites is 1. The monoisotopic (exact) mass is 403 g/mol. The van der Waals surface area contributed by atoms with Crippen LogP contribution in [0, 0.1) is 0 Å². The first kappa shape index (κ1) is 19.0.